The first-order chi connectivity index (χ1) is 12.8. The van der Waals surface area contributed by atoms with Gasteiger partial charge in [0.25, 0.3) is 10.0 Å². The number of hydrogen-bond donors (Lipinski definition) is 1. The molecule has 0 fully saturated rings. The maximum atomic E-state index is 13.3. The van der Waals surface area contributed by atoms with E-state index in [9.17, 15) is 17.6 Å². The molecule has 0 aliphatic heterocycles. The number of nitrogens with one attached hydrogen (secondary N) is 1. The standard InChI is InChI=1S/C19H24FN3O3S/c1-22(2)14-6-13-21-19(24)15-23(17-11-9-16(20)10-12-17)27(25,26)18-7-4-3-5-8-18/h3-5,7-12H,6,13-15H2,1-2H3,(H,21,24). The molecule has 2 aromatic rings. The van der Waals surface area contributed by atoms with Crippen LogP contribution < -0.4 is 9.62 Å². The van der Waals surface area contributed by atoms with Crippen molar-refractivity contribution in [2.24, 2.45) is 0 Å². The maximum absolute atomic E-state index is 13.3. The van der Waals surface area contributed by atoms with Gasteiger partial charge in [0, 0.05) is 6.54 Å². The Hall–Kier alpha value is -2.45. The number of hydrogen-bond acceptors (Lipinski definition) is 4. The molecule has 27 heavy (non-hydrogen) atoms. The molecule has 2 rings (SSSR count). The largest absolute Gasteiger partial charge is 0.354 e. The lowest BCUT2D eigenvalue weighted by atomic mass is 10.3. The van der Waals surface area contributed by atoms with Crippen LogP contribution in [0.25, 0.3) is 0 Å². The van der Waals surface area contributed by atoms with E-state index in [0.29, 0.717) is 6.54 Å². The molecule has 8 heteroatoms. The third-order valence-corrected chi connectivity index (χ3v) is 5.63. The summed E-state index contributed by atoms with van der Waals surface area (Å²) in [5.74, 6) is -0.901. The van der Waals surface area contributed by atoms with E-state index in [-0.39, 0.29) is 17.1 Å². The Morgan fingerprint density at radius 3 is 2.26 bits per heavy atom. The van der Waals surface area contributed by atoms with Gasteiger partial charge in [-0.25, -0.2) is 12.8 Å². The molecule has 0 unspecified atom stereocenters. The minimum absolute atomic E-state index is 0.0646. The van der Waals surface area contributed by atoms with Crippen LogP contribution in [0.4, 0.5) is 10.1 Å². The summed E-state index contributed by atoms with van der Waals surface area (Å²) in [4.78, 5) is 14.4. The second kappa shape index (κ2) is 9.48. The summed E-state index contributed by atoms with van der Waals surface area (Å²) in [6.07, 6.45) is 0.751. The normalized spacial score (nSPS) is 11.4. The lowest BCUT2D eigenvalue weighted by Gasteiger charge is -2.24. The highest BCUT2D eigenvalue weighted by Crippen LogP contribution is 2.23. The molecule has 0 heterocycles. The van der Waals surface area contributed by atoms with Crippen molar-refractivity contribution in [2.45, 2.75) is 11.3 Å². The first-order valence-electron chi connectivity index (χ1n) is 8.55. The smallest absolute Gasteiger partial charge is 0.264 e. The van der Waals surface area contributed by atoms with E-state index < -0.39 is 21.7 Å². The van der Waals surface area contributed by atoms with Crippen LogP contribution in [0.1, 0.15) is 6.42 Å². The number of amides is 1. The average molecular weight is 393 g/mol. The topological polar surface area (TPSA) is 69.7 Å². The van der Waals surface area contributed by atoms with Gasteiger partial charge in [-0.2, -0.15) is 0 Å². The molecule has 146 valence electrons. The van der Waals surface area contributed by atoms with Crippen molar-refractivity contribution in [3.05, 3.63) is 60.4 Å². The van der Waals surface area contributed by atoms with Crippen molar-refractivity contribution in [2.75, 3.05) is 38.0 Å². The predicted molar refractivity (Wildman–Crippen MR) is 104 cm³/mol. The number of carbonyl (C=O) groups excluding carboxylic acids is 1. The number of anilines is 1. The average Bonchev–Trinajstić information content (AvgIpc) is 2.64. The number of benzene rings is 2. The Kier molecular flexibility index (Phi) is 7.32. The number of carbonyl (C=O) groups is 1. The molecular formula is C19H24FN3O3S. The fraction of sp³-hybridized carbons (Fsp3) is 0.316. The molecule has 6 nitrogen and oxygen atoms in total. The molecule has 0 atom stereocenters. The van der Waals surface area contributed by atoms with Gasteiger partial charge in [-0.05, 0) is 63.5 Å². The zero-order valence-corrected chi connectivity index (χ0v) is 16.2. The van der Waals surface area contributed by atoms with Gasteiger partial charge in [-0.3, -0.25) is 9.10 Å². The van der Waals surface area contributed by atoms with Gasteiger partial charge < -0.3 is 10.2 Å². The molecule has 0 aliphatic rings. The molecule has 0 aliphatic carbocycles. The summed E-state index contributed by atoms with van der Waals surface area (Å²) < 4.78 is 40.3. The van der Waals surface area contributed by atoms with Gasteiger partial charge in [0.1, 0.15) is 12.4 Å². The summed E-state index contributed by atoms with van der Waals surface area (Å²) in [5.41, 5.74) is 0.226. The molecule has 0 spiro atoms. The van der Waals surface area contributed by atoms with Crippen LogP contribution in [0, 0.1) is 5.82 Å². The van der Waals surface area contributed by atoms with E-state index in [4.69, 9.17) is 0 Å². The second-order valence-electron chi connectivity index (χ2n) is 6.31. The summed E-state index contributed by atoms with van der Waals surface area (Å²) in [6, 6.07) is 12.9. The molecule has 0 saturated heterocycles. The predicted octanol–water partition coefficient (Wildman–Crippen LogP) is 2.09. The molecule has 0 saturated carbocycles. The van der Waals surface area contributed by atoms with Crippen molar-refractivity contribution in [1.82, 2.24) is 10.2 Å². The van der Waals surface area contributed by atoms with Crippen LogP contribution in [0.15, 0.2) is 59.5 Å². The number of halogens is 1. The molecule has 0 radical (unpaired) electrons. The first kappa shape index (κ1) is 20.9. The highest BCUT2D eigenvalue weighted by Gasteiger charge is 2.27. The van der Waals surface area contributed by atoms with Crippen LogP contribution in [0.5, 0.6) is 0 Å². The molecule has 0 aromatic heterocycles. The molecule has 0 bridgehead atoms. The van der Waals surface area contributed by atoms with E-state index in [1.165, 1.54) is 24.3 Å². The van der Waals surface area contributed by atoms with Crippen molar-refractivity contribution < 1.29 is 17.6 Å². The zero-order valence-electron chi connectivity index (χ0n) is 15.4. The zero-order chi connectivity index (χ0) is 19.9. The van der Waals surface area contributed by atoms with Crippen LogP contribution >= 0.6 is 0 Å². The van der Waals surface area contributed by atoms with Gasteiger partial charge >= 0.3 is 0 Å². The highest BCUT2D eigenvalue weighted by molar-refractivity contribution is 7.92. The Morgan fingerprint density at radius 2 is 1.67 bits per heavy atom. The van der Waals surface area contributed by atoms with Crippen LogP contribution in [-0.2, 0) is 14.8 Å². The van der Waals surface area contributed by atoms with Gasteiger partial charge in [-0.1, -0.05) is 18.2 Å². The van der Waals surface area contributed by atoms with E-state index in [1.807, 2.05) is 19.0 Å². The summed E-state index contributed by atoms with van der Waals surface area (Å²) in [6.45, 7) is 0.870. The lowest BCUT2D eigenvalue weighted by Crippen LogP contribution is -2.41. The van der Waals surface area contributed by atoms with Gasteiger partial charge in [0.15, 0.2) is 0 Å². The molecule has 1 amide bonds. The first-order valence-corrected chi connectivity index (χ1v) is 9.99. The van der Waals surface area contributed by atoms with Crippen molar-refractivity contribution in [3.63, 3.8) is 0 Å². The van der Waals surface area contributed by atoms with E-state index in [0.717, 1.165) is 29.4 Å². The molecule has 2 aromatic carbocycles. The SMILES string of the molecule is CN(C)CCCNC(=O)CN(c1ccc(F)cc1)S(=O)(=O)c1ccccc1. The maximum Gasteiger partial charge on any atom is 0.264 e. The van der Waals surface area contributed by atoms with Crippen LogP contribution in [0.3, 0.4) is 0 Å². The summed E-state index contributed by atoms with van der Waals surface area (Å²) in [7, 11) is -0.0942. The van der Waals surface area contributed by atoms with Crippen molar-refractivity contribution in [1.29, 1.82) is 0 Å². The Morgan fingerprint density at radius 1 is 1.04 bits per heavy atom. The van der Waals surface area contributed by atoms with Crippen molar-refractivity contribution >= 4 is 21.6 Å². The Bertz CT molecular complexity index is 840. The van der Waals surface area contributed by atoms with E-state index in [2.05, 4.69) is 5.32 Å². The van der Waals surface area contributed by atoms with Crippen LogP contribution in [-0.4, -0.2) is 53.0 Å². The minimum Gasteiger partial charge on any atom is -0.354 e. The summed E-state index contributed by atoms with van der Waals surface area (Å²) in [5, 5.41) is 2.73. The number of nitrogens with zero attached hydrogens (tertiary/aromatic N) is 2. The summed E-state index contributed by atoms with van der Waals surface area (Å²) >= 11 is 0. The van der Waals surface area contributed by atoms with E-state index in [1.54, 1.807) is 18.2 Å². The van der Waals surface area contributed by atoms with Crippen LogP contribution in [0.2, 0.25) is 0 Å². The lowest BCUT2D eigenvalue weighted by molar-refractivity contribution is -0.119. The monoisotopic (exact) mass is 393 g/mol. The van der Waals surface area contributed by atoms with Gasteiger partial charge in [0.2, 0.25) is 5.91 Å². The van der Waals surface area contributed by atoms with Gasteiger partial charge in [0.05, 0.1) is 10.6 Å². The van der Waals surface area contributed by atoms with Gasteiger partial charge in [-0.15, -0.1) is 0 Å². The highest BCUT2D eigenvalue weighted by atomic mass is 32.2. The fourth-order valence-electron chi connectivity index (χ4n) is 2.45. The number of sulfonamides is 1. The molecular weight excluding hydrogens is 369 g/mol. The number of rotatable bonds is 9. The minimum atomic E-state index is -3.96. The third-order valence-electron chi connectivity index (χ3n) is 3.84. The second-order valence-corrected chi connectivity index (χ2v) is 8.17. The Balaban J connectivity index is 2.21. The fourth-order valence-corrected chi connectivity index (χ4v) is 3.89. The van der Waals surface area contributed by atoms with Crippen molar-refractivity contribution in [3.8, 4) is 0 Å². The Labute approximate surface area is 159 Å². The van der Waals surface area contributed by atoms with E-state index >= 15 is 0 Å². The molecule has 1 N–H and O–H groups in total. The quantitative estimate of drug-likeness (QED) is 0.663. The third kappa shape index (κ3) is 6.04.